The fourth-order valence-corrected chi connectivity index (χ4v) is 4.54. The van der Waals surface area contributed by atoms with Gasteiger partial charge in [-0.2, -0.15) is 0 Å². The quantitative estimate of drug-likeness (QED) is 0.346. The molecule has 0 fully saturated rings. The molecule has 0 aliphatic carbocycles. The highest BCUT2D eigenvalue weighted by Crippen LogP contribution is 2.40. The molecule has 2 aromatic heterocycles. The van der Waals surface area contributed by atoms with Crippen LogP contribution in [0.2, 0.25) is 0 Å². The van der Waals surface area contributed by atoms with Crippen molar-refractivity contribution in [2.75, 3.05) is 4.90 Å². The van der Waals surface area contributed by atoms with Gasteiger partial charge in [-0.25, -0.2) is 9.97 Å². The van der Waals surface area contributed by atoms with E-state index in [1.54, 1.807) is 30.6 Å². The summed E-state index contributed by atoms with van der Waals surface area (Å²) in [5.41, 5.74) is 3.04. The van der Waals surface area contributed by atoms with Gasteiger partial charge in [-0.1, -0.05) is 54.1 Å². The predicted octanol–water partition coefficient (Wildman–Crippen LogP) is 5.22. The van der Waals surface area contributed by atoms with Crippen molar-refractivity contribution in [3.8, 4) is 5.75 Å². The number of fused-ring (bicyclic) bond motifs is 2. The molecule has 36 heavy (non-hydrogen) atoms. The Kier molecular flexibility index (Phi) is 5.30. The highest BCUT2D eigenvalue weighted by molar-refractivity contribution is 6.09. The Labute approximate surface area is 206 Å². The number of aryl methyl sites for hydroxylation is 1. The third kappa shape index (κ3) is 3.71. The van der Waals surface area contributed by atoms with E-state index < -0.39 is 11.9 Å². The van der Waals surface area contributed by atoms with Crippen molar-refractivity contribution < 1.29 is 13.9 Å². The van der Waals surface area contributed by atoms with Crippen molar-refractivity contribution in [3.05, 3.63) is 129 Å². The first-order valence-corrected chi connectivity index (χ1v) is 11.5. The van der Waals surface area contributed by atoms with Crippen LogP contribution in [0.3, 0.4) is 0 Å². The largest absolute Gasteiger partial charge is 0.489 e. The summed E-state index contributed by atoms with van der Waals surface area (Å²) < 4.78 is 12.0. The molecule has 3 heterocycles. The second-order valence-corrected chi connectivity index (χ2v) is 8.65. The topological polar surface area (TPSA) is 85.5 Å². The molecule has 0 bridgehead atoms. The Morgan fingerprint density at radius 3 is 2.53 bits per heavy atom. The standard InChI is InChI=1S/C29H21N3O4/c1-18-11-12-23-22(15-18)26(33)24-25(32(28(34)27(24)36-23)29-30-13-6-14-31-29)20-9-5-10-21(16-20)35-17-19-7-3-2-4-8-19/h2-16,25H,17H2,1H3. The third-order valence-corrected chi connectivity index (χ3v) is 6.22. The third-order valence-electron chi connectivity index (χ3n) is 6.22. The summed E-state index contributed by atoms with van der Waals surface area (Å²) >= 11 is 0. The minimum atomic E-state index is -0.767. The molecule has 1 atom stereocenters. The summed E-state index contributed by atoms with van der Waals surface area (Å²) in [5, 5.41) is 0.430. The lowest BCUT2D eigenvalue weighted by Gasteiger charge is -2.23. The molecule has 1 aliphatic heterocycles. The van der Waals surface area contributed by atoms with Crippen molar-refractivity contribution in [1.82, 2.24) is 9.97 Å². The summed E-state index contributed by atoms with van der Waals surface area (Å²) in [7, 11) is 0. The van der Waals surface area contributed by atoms with E-state index in [9.17, 15) is 9.59 Å². The maximum Gasteiger partial charge on any atom is 0.297 e. The van der Waals surface area contributed by atoms with Crippen molar-refractivity contribution in [2.45, 2.75) is 19.6 Å². The number of rotatable bonds is 5. The first-order valence-electron chi connectivity index (χ1n) is 11.5. The lowest BCUT2D eigenvalue weighted by Crippen LogP contribution is -2.31. The van der Waals surface area contributed by atoms with Crippen LogP contribution in [0.15, 0.2) is 100 Å². The molecule has 0 N–H and O–H groups in total. The minimum Gasteiger partial charge on any atom is -0.489 e. The fourth-order valence-electron chi connectivity index (χ4n) is 4.54. The number of anilines is 1. The molecule has 1 unspecified atom stereocenters. The number of benzene rings is 3. The number of hydrogen-bond acceptors (Lipinski definition) is 6. The number of amides is 1. The van der Waals surface area contributed by atoms with Gasteiger partial charge in [0, 0.05) is 12.4 Å². The van der Waals surface area contributed by atoms with E-state index in [0.717, 1.165) is 11.1 Å². The van der Waals surface area contributed by atoms with Crippen molar-refractivity contribution in [1.29, 1.82) is 0 Å². The monoisotopic (exact) mass is 475 g/mol. The lowest BCUT2D eigenvalue weighted by molar-refractivity contribution is 0.0969. The average Bonchev–Trinajstić information content (AvgIpc) is 3.21. The Balaban J connectivity index is 1.49. The van der Waals surface area contributed by atoms with Crippen molar-refractivity contribution >= 4 is 22.8 Å². The lowest BCUT2D eigenvalue weighted by atomic mass is 9.98. The van der Waals surface area contributed by atoms with E-state index in [1.165, 1.54) is 4.90 Å². The zero-order valence-corrected chi connectivity index (χ0v) is 19.4. The van der Waals surface area contributed by atoms with Gasteiger partial charge in [0.1, 0.15) is 17.9 Å². The summed E-state index contributed by atoms with van der Waals surface area (Å²) in [6.07, 6.45) is 3.12. The van der Waals surface area contributed by atoms with Gasteiger partial charge in [-0.3, -0.25) is 14.5 Å². The molecule has 176 valence electrons. The molecule has 6 rings (SSSR count). The maximum atomic E-state index is 13.8. The SMILES string of the molecule is Cc1ccc2oc3c(c(=O)c2c1)C(c1cccc(OCc2ccccc2)c1)N(c1ncccn1)C3=O. The van der Waals surface area contributed by atoms with Gasteiger partial charge in [0.25, 0.3) is 5.91 Å². The summed E-state index contributed by atoms with van der Waals surface area (Å²) in [6, 6.07) is 23.5. The van der Waals surface area contributed by atoms with E-state index in [2.05, 4.69) is 9.97 Å². The molecule has 7 nitrogen and oxygen atoms in total. The van der Waals surface area contributed by atoms with E-state index >= 15 is 0 Å². The Hall–Kier alpha value is -4.78. The molecule has 0 saturated heterocycles. The second-order valence-electron chi connectivity index (χ2n) is 8.65. The summed E-state index contributed by atoms with van der Waals surface area (Å²) in [4.78, 5) is 37.4. The summed E-state index contributed by atoms with van der Waals surface area (Å²) in [5.74, 6) is 0.349. The molecule has 0 radical (unpaired) electrons. The zero-order valence-electron chi connectivity index (χ0n) is 19.4. The maximum absolute atomic E-state index is 13.8. The van der Waals surface area contributed by atoms with Crippen molar-refractivity contribution in [2.24, 2.45) is 0 Å². The van der Waals surface area contributed by atoms with Gasteiger partial charge < -0.3 is 9.15 Å². The minimum absolute atomic E-state index is 0.00409. The number of carbonyl (C=O) groups excluding carboxylic acids is 1. The van der Waals surface area contributed by atoms with E-state index in [0.29, 0.717) is 28.9 Å². The Morgan fingerprint density at radius 2 is 1.72 bits per heavy atom. The molecule has 0 saturated carbocycles. The fraction of sp³-hybridized carbons (Fsp3) is 0.103. The van der Waals surface area contributed by atoms with Gasteiger partial charge in [0.05, 0.1) is 17.0 Å². The van der Waals surface area contributed by atoms with Gasteiger partial charge in [-0.15, -0.1) is 0 Å². The van der Waals surface area contributed by atoms with Crippen LogP contribution in [0.5, 0.6) is 5.75 Å². The molecule has 1 amide bonds. The van der Waals surface area contributed by atoms with Crippen molar-refractivity contribution in [3.63, 3.8) is 0 Å². The normalized spacial score (nSPS) is 14.8. The average molecular weight is 476 g/mol. The Bertz CT molecular complexity index is 1650. The number of hydrogen-bond donors (Lipinski definition) is 0. The Morgan fingerprint density at radius 1 is 0.917 bits per heavy atom. The molecular formula is C29H21N3O4. The molecule has 0 spiro atoms. The van der Waals surface area contributed by atoms with Crippen LogP contribution in [-0.4, -0.2) is 15.9 Å². The molecule has 3 aromatic carbocycles. The highest BCUT2D eigenvalue weighted by atomic mass is 16.5. The van der Waals surface area contributed by atoms with Crippen LogP contribution in [0, 0.1) is 6.92 Å². The van der Waals surface area contributed by atoms with Crippen LogP contribution in [-0.2, 0) is 6.61 Å². The van der Waals surface area contributed by atoms with Gasteiger partial charge >= 0.3 is 0 Å². The molecule has 7 heteroatoms. The van der Waals surface area contributed by atoms with Gasteiger partial charge in [-0.05, 0) is 48.4 Å². The molecular weight excluding hydrogens is 454 g/mol. The van der Waals surface area contributed by atoms with E-state index in [4.69, 9.17) is 9.15 Å². The number of aromatic nitrogens is 2. The first-order chi connectivity index (χ1) is 17.6. The zero-order chi connectivity index (χ0) is 24.6. The number of ether oxygens (including phenoxy) is 1. The number of carbonyl (C=O) groups is 1. The van der Waals surface area contributed by atoms with Crippen LogP contribution in [0.25, 0.3) is 11.0 Å². The van der Waals surface area contributed by atoms with Gasteiger partial charge in [0.15, 0.2) is 5.43 Å². The molecule has 1 aliphatic rings. The predicted molar refractivity (Wildman–Crippen MR) is 135 cm³/mol. The molecule has 5 aromatic rings. The second kappa shape index (κ2) is 8.78. The van der Waals surface area contributed by atoms with Crippen LogP contribution in [0.4, 0.5) is 5.95 Å². The van der Waals surface area contributed by atoms with Crippen LogP contribution < -0.4 is 15.1 Å². The van der Waals surface area contributed by atoms with Crippen LogP contribution in [0.1, 0.15) is 38.9 Å². The number of nitrogens with zero attached hydrogens (tertiary/aromatic N) is 3. The smallest absolute Gasteiger partial charge is 0.297 e. The van der Waals surface area contributed by atoms with Crippen LogP contribution >= 0.6 is 0 Å². The van der Waals surface area contributed by atoms with E-state index in [1.807, 2.05) is 67.6 Å². The summed E-state index contributed by atoms with van der Waals surface area (Å²) in [6.45, 7) is 2.30. The van der Waals surface area contributed by atoms with Gasteiger partial charge in [0.2, 0.25) is 11.7 Å². The highest BCUT2D eigenvalue weighted by Gasteiger charge is 2.45. The first kappa shape index (κ1) is 21.7. The van der Waals surface area contributed by atoms with E-state index in [-0.39, 0.29) is 22.7 Å².